The van der Waals surface area contributed by atoms with Gasteiger partial charge in [0, 0.05) is 6.20 Å². The van der Waals surface area contributed by atoms with E-state index in [2.05, 4.69) is 10.1 Å². The molecule has 98 valence electrons. The molecule has 0 radical (unpaired) electrons. The van der Waals surface area contributed by atoms with E-state index in [0.29, 0.717) is 0 Å². The molecule has 0 aliphatic carbocycles. The van der Waals surface area contributed by atoms with Gasteiger partial charge in [-0.3, -0.25) is 10.1 Å². The zero-order chi connectivity index (χ0) is 14.2. The van der Waals surface area contributed by atoms with Crippen LogP contribution in [0.25, 0.3) is 5.82 Å². The lowest BCUT2D eigenvalue weighted by Gasteiger charge is -2.01. The summed E-state index contributed by atoms with van der Waals surface area (Å²) in [5.41, 5.74) is -1.35. The second kappa shape index (κ2) is 4.82. The molecule has 8 nitrogen and oxygen atoms in total. The number of carboxylic acid groups (broad SMARTS) is 1. The number of carboxylic acids is 1. The number of aromatic nitrogens is 3. The Morgan fingerprint density at radius 2 is 2.16 bits per heavy atom. The Morgan fingerprint density at radius 3 is 2.63 bits per heavy atom. The van der Waals surface area contributed by atoms with Crippen LogP contribution in [0.1, 0.15) is 10.5 Å². The fourth-order valence-corrected chi connectivity index (χ4v) is 1.80. The molecule has 0 saturated heterocycles. The maximum absolute atomic E-state index is 10.9. The number of hydrogen-bond acceptors (Lipinski definition) is 5. The van der Waals surface area contributed by atoms with Crippen molar-refractivity contribution in [1.82, 2.24) is 14.8 Å². The summed E-state index contributed by atoms with van der Waals surface area (Å²) in [6.07, 6.45) is 2.18. The van der Waals surface area contributed by atoms with E-state index in [-0.39, 0.29) is 15.9 Å². The molecule has 0 spiro atoms. The molecule has 0 aromatic carbocycles. The van der Waals surface area contributed by atoms with Crippen molar-refractivity contribution < 1.29 is 14.8 Å². The van der Waals surface area contributed by atoms with Crippen molar-refractivity contribution in [2.24, 2.45) is 0 Å². The van der Waals surface area contributed by atoms with Gasteiger partial charge in [-0.05, 0) is 6.07 Å². The van der Waals surface area contributed by atoms with Crippen LogP contribution in [0.5, 0.6) is 0 Å². The number of hydrogen-bond donors (Lipinski definition) is 1. The molecule has 2 aromatic heterocycles. The van der Waals surface area contributed by atoms with Gasteiger partial charge >= 0.3 is 11.7 Å². The predicted molar refractivity (Wildman–Crippen MR) is 65.0 cm³/mol. The largest absolute Gasteiger partial charge is 0.476 e. The Balaban J connectivity index is 2.60. The summed E-state index contributed by atoms with van der Waals surface area (Å²) < 4.78 is 0.917. The molecular formula is C9H4Cl2N4O4. The van der Waals surface area contributed by atoms with Crippen molar-refractivity contribution in [2.45, 2.75) is 0 Å². The van der Waals surface area contributed by atoms with Crippen molar-refractivity contribution in [3.05, 3.63) is 44.3 Å². The van der Waals surface area contributed by atoms with Crippen LogP contribution in [-0.4, -0.2) is 30.8 Å². The summed E-state index contributed by atoms with van der Waals surface area (Å²) in [5, 5.41) is 23.5. The summed E-state index contributed by atoms with van der Waals surface area (Å²) in [5.74, 6) is -1.47. The Labute approximate surface area is 115 Å². The standard InChI is InChI=1S/C9H4Cl2N4O4/c10-4-1-5(11)8(12-2-4)14-3-6(15(18)19)7(13-14)9(16)17/h1-3H,(H,16,17). The van der Waals surface area contributed by atoms with Gasteiger partial charge in [0.2, 0.25) is 5.69 Å². The average molecular weight is 303 g/mol. The summed E-state index contributed by atoms with van der Waals surface area (Å²) in [7, 11) is 0. The lowest BCUT2D eigenvalue weighted by atomic mass is 10.4. The van der Waals surface area contributed by atoms with Crippen molar-refractivity contribution in [2.75, 3.05) is 0 Å². The van der Waals surface area contributed by atoms with Crippen LogP contribution in [0, 0.1) is 10.1 Å². The Morgan fingerprint density at radius 1 is 1.47 bits per heavy atom. The molecular weight excluding hydrogens is 299 g/mol. The molecule has 2 rings (SSSR count). The third-order valence-corrected chi connectivity index (χ3v) is 2.58. The molecule has 0 fully saturated rings. The Bertz CT molecular complexity index is 653. The predicted octanol–water partition coefficient (Wildman–Crippen LogP) is 2.18. The van der Waals surface area contributed by atoms with Gasteiger partial charge in [-0.25, -0.2) is 14.5 Å². The lowest BCUT2D eigenvalue weighted by molar-refractivity contribution is -0.385. The van der Waals surface area contributed by atoms with E-state index >= 15 is 0 Å². The van der Waals surface area contributed by atoms with Crippen LogP contribution in [0.2, 0.25) is 10.0 Å². The van der Waals surface area contributed by atoms with E-state index in [1.165, 1.54) is 12.3 Å². The van der Waals surface area contributed by atoms with E-state index in [9.17, 15) is 14.9 Å². The van der Waals surface area contributed by atoms with Crippen molar-refractivity contribution in [1.29, 1.82) is 0 Å². The summed E-state index contributed by atoms with van der Waals surface area (Å²) in [6, 6.07) is 1.36. The topological polar surface area (TPSA) is 111 Å². The minimum atomic E-state index is -1.52. The maximum Gasteiger partial charge on any atom is 0.363 e. The molecule has 10 heteroatoms. The molecule has 0 atom stereocenters. The highest BCUT2D eigenvalue weighted by Crippen LogP contribution is 2.24. The molecule has 19 heavy (non-hydrogen) atoms. The number of aromatic carboxylic acids is 1. The minimum Gasteiger partial charge on any atom is -0.476 e. The minimum absolute atomic E-state index is 0.0432. The molecule has 0 aliphatic rings. The maximum atomic E-state index is 10.9. The van der Waals surface area contributed by atoms with Crippen LogP contribution in [-0.2, 0) is 0 Å². The molecule has 2 heterocycles. The fraction of sp³-hybridized carbons (Fsp3) is 0. The van der Waals surface area contributed by atoms with Gasteiger partial charge in [0.25, 0.3) is 0 Å². The van der Waals surface area contributed by atoms with E-state index in [1.807, 2.05) is 0 Å². The van der Waals surface area contributed by atoms with Gasteiger partial charge in [-0.1, -0.05) is 23.2 Å². The Kier molecular flexibility index (Phi) is 3.36. The SMILES string of the molecule is O=C(O)c1nn(-c2ncc(Cl)cc2Cl)cc1[N+](=O)[O-]. The average Bonchev–Trinajstić information content (AvgIpc) is 2.73. The zero-order valence-corrected chi connectivity index (χ0v) is 10.5. The molecule has 0 saturated carbocycles. The van der Waals surface area contributed by atoms with Crippen molar-refractivity contribution >= 4 is 34.9 Å². The Hall–Kier alpha value is -2.19. The summed E-state index contributed by atoms with van der Waals surface area (Å²) in [6.45, 7) is 0. The van der Waals surface area contributed by atoms with E-state index in [4.69, 9.17) is 28.3 Å². The first-order chi connectivity index (χ1) is 8.90. The molecule has 0 aliphatic heterocycles. The monoisotopic (exact) mass is 302 g/mol. The van der Waals surface area contributed by atoms with Gasteiger partial charge in [0.1, 0.15) is 6.20 Å². The molecule has 0 amide bonds. The third kappa shape index (κ3) is 2.49. The second-order valence-corrected chi connectivity index (χ2v) is 4.17. The molecule has 1 N–H and O–H groups in total. The van der Waals surface area contributed by atoms with Gasteiger partial charge in [-0.15, -0.1) is 0 Å². The van der Waals surface area contributed by atoms with Crippen LogP contribution in [0.4, 0.5) is 5.69 Å². The highest BCUT2D eigenvalue weighted by atomic mass is 35.5. The van der Waals surface area contributed by atoms with Gasteiger partial charge in [0.05, 0.1) is 15.0 Å². The van der Waals surface area contributed by atoms with Crippen LogP contribution in [0.15, 0.2) is 18.5 Å². The van der Waals surface area contributed by atoms with Crippen LogP contribution in [0.3, 0.4) is 0 Å². The molecule has 0 unspecified atom stereocenters. The normalized spacial score (nSPS) is 10.4. The summed E-state index contributed by atoms with van der Waals surface area (Å²) in [4.78, 5) is 24.6. The summed E-state index contributed by atoms with van der Waals surface area (Å²) >= 11 is 11.5. The first-order valence-corrected chi connectivity index (χ1v) is 5.44. The highest BCUT2D eigenvalue weighted by Gasteiger charge is 2.26. The first-order valence-electron chi connectivity index (χ1n) is 4.69. The number of carbonyl (C=O) groups is 1. The fourth-order valence-electron chi connectivity index (χ4n) is 1.34. The third-order valence-electron chi connectivity index (χ3n) is 2.10. The number of pyridine rings is 1. The second-order valence-electron chi connectivity index (χ2n) is 3.33. The van der Waals surface area contributed by atoms with Crippen LogP contribution >= 0.6 is 23.2 Å². The van der Waals surface area contributed by atoms with E-state index < -0.39 is 22.3 Å². The van der Waals surface area contributed by atoms with Gasteiger partial charge in [-0.2, -0.15) is 5.10 Å². The van der Waals surface area contributed by atoms with Gasteiger partial charge < -0.3 is 5.11 Å². The van der Waals surface area contributed by atoms with Gasteiger partial charge in [0.15, 0.2) is 5.82 Å². The van der Waals surface area contributed by atoms with Crippen molar-refractivity contribution in [3.8, 4) is 5.82 Å². The van der Waals surface area contributed by atoms with E-state index in [1.54, 1.807) is 0 Å². The number of rotatable bonds is 3. The quantitative estimate of drug-likeness (QED) is 0.687. The number of halogens is 2. The van der Waals surface area contributed by atoms with Crippen molar-refractivity contribution in [3.63, 3.8) is 0 Å². The first kappa shape index (κ1) is 13.2. The smallest absolute Gasteiger partial charge is 0.363 e. The number of nitro groups is 1. The molecule has 0 bridgehead atoms. The lowest BCUT2D eigenvalue weighted by Crippen LogP contribution is -2.04. The molecule has 2 aromatic rings. The van der Waals surface area contributed by atoms with E-state index in [0.717, 1.165) is 10.9 Å². The zero-order valence-electron chi connectivity index (χ0n) is 8.95. The van der Waals surface area contributed by atoms with Crippen LogP contribution < -0.4 is 0 Å². The highest BCUT2D eigenvalue weighted by molar-refractivity contribution is 6.35. The number of nitrogens with zero attached hydrogens (tertiary/aromatic N) is 4.